The van der Waals surface area contributed by atoms with Gasteiger partial charge in [0.05, 0.1) is 11.8 Å². The maximum atomic E-state index is 12.7. The van der Waals surface area contributed by atoms with E-state index in [-0.39, 0.29) is 23.6 Å². The molecule has 0 saturated carbocycles. The van der Waals surface area contributed by atoms with Gasteiger partial charge in [-0.1, -0.05) is 48.5 Å². The fraction of sp³-hybridized carbons (Fsp3) is 0.273. The van der Waals surface area contributed by atoms with Crippen molar-refractivity contribution in [3.8, 4) is 11.5 Å². The summed E-state index contributed by atoms with van der Waals surface area (Å²) in [5.74, 6) is -0.118. The number of aromatic nitrogens is 2. The van der Waals surface area contributed by atoms with E-state index in [4.69, 9.17) is 16.0 Å². The highest BCUT2D eigenvalue weighted by Gasteiger charge is 2.23. The third-order valence-corrected chi connectivity index (χ3v) is 5.73. The van der Waals surface area contributed by atoms with Crippen molar-refractivity contribution in [3.05, 3.63) is 59.1 Å². The Morgan fingerprint density at radius 1 is 1.16 bits per heavy atom. The van der Waals surface area contributed by atoms with Crippen molar-refractivity contribution >= 4 is 40.9 Å². The molecular formula is C22H23ClN4O3S. The van der Waals surface area contributed by atoms with Crippen LogP contribution in [0.2, 0.25) is 5.02 Å². The Bertz CT molecular complexity index is 1050. The molecule has 0 spiro atoms. The van der Waals surface area contributed by atoms with Crippen LogP contribution >= 0.6 is 23.4 Å². The van der Waals surface area contributed by atoms with Crippen LogP contribution in [0.5, 0.6) is 0 Å². The number of para-hydroxylation sites is 1. The largest absolute Gasteiger partial charge is 0.411 e. The van der Waals surface area contributed by atoms with Gasteiger partial charge in [-0.2, -0.15) is 0 Å². The van der Waals surface area contributed by atoms with Crippen LogP contribution in [0.25, 0.3) is 11.5 Å². The smallest absolute Gasteiger partial charge is 0.277 e. The first kappa shape index (κ1) is 22.8. The lowest BCUT2D eigenvalue weighted by Crippen LogP contribution is -2.39. The molecule has 9 heteroatoms. The van der Waals surface area contributed by atoms with E-state index in [1.807, 2.05) is 31.2 Å². The summed E-state index contributed by atoms with van der Waals surface area (Å²) in [6, 6.07) is 14.6. The number of benzene rings is 2. The predicted molar refractivity (Wildman–Crippen MR) is 122 cm³/mol. The van der Waals surface area contributed by atoms with Gasteiger partial charge in [-0.15, -0.1) is 10.2 Å². The average Bonchev–Trinajstić information content (AvgIpc) is 3.22. The fourth-order valence-electron chi connectivity index (χ4n) is 2.91. The number of carbonyl (C=O) groups is 2. The van der Waals surface area contributed by atoms with Crippen molar-refractivity contribution in [2.45, 2.75) is 30.7 Å². The third-order valence-electron chi connectivity index (χ3n) is 4.55. The molecule has 0 saturated heterocycles. The van der Waals surface area contributed by atoms with Crippen molar-refractivity contribution in [2.75, 3.05) is 18.9 Å². The molecule has 0 aliphatic rings. The van der Waals surface area contributed by atoms with Crippen molar-refractivity contribution in [2.24, 2.45) is 0 Å². The van der Waals surface area contributed by atoms with Gasteiger partial charge >= 0.3 is 0 Å². The summed E-state index contributed by atoms with van der Waals surface area (Å²) < 4.78 is 5.64. The van der Waals surface area contributed by atoms with Crippen molar-refractivity contribution in [1.29, 1.82) is 0 Å². The SMILES string of the molecule is CCc1ccccc1NC(=O)CN(C)C(=O)C(C)Sc1nnc(-c2ccc(Cl)cc2)o1. The topological polar surface area (TPSA) is 88.3 Å². The van der Waals surface area contributed by atoms with Crippen molar-refractivity contribution in [1.82, 2.24) is 15.1 Å². The first-order chi connectivity index (χ1) is 14.9. The third kappa shape index (κ3) is 6.08. The van der Waals surface area contributed by atoms with E-state index in [0.29, 0.717) is 10.9 Å². The summed E-state index contributed by atoms with van der Waals surface area (Å²) in [7, 11) is 1.59. The second-order valence-corrected chi connectivity index (χ2v) is 8.62. The maximum absolute atomic E-state index is 12.7. The Balaban J connectivity index is 1.55. The van der Waals surface area contributed by atoms with Crippen LogP contribution in [0.1, 0.15) is 19.4 Å². The van der Waals surface area contributed by atoms with Crippen LogP contribution in [-0.4, -0.2) is 45.8 Å². The number of hydrogen-bond donors (Lipinski definition) is 1. The Hall–Kier alpha value is -2.84. The van der Waals surface area contributed by atoms with Crippen LogP contribution in [0.15, 0.2) is 58.2 Å². The summed E-state index contributed by atoms with van der Waals surface area (Å²) in [5.41, 5.74) is 2.55. The lowest BCUT2D eigenvalue weighted by atomic mass is 10.1. The summed E-state index contributed by atoms with van der Waals surface area (Å²) >= 11 is 7.04. The molecule has 31 heavy (non-hydrogen) atoms. The fourth-order valence-corrected chi connectivity index (χ4v) is 3.84. The Kier molecular flexibility index (Phi) is 7.70. The molecule has 2 amide bonds. The number of hydrogen-bond acceptors (Lipinski definition) is 6. The van der Waals surface area contributed by atoms with Crippen molar-refractivity contribution < 1.29 is 14.0 Å². The van der Waals surface area contributed by atoms with E-state index >= 15 is 0 Å². The number of amides is 2. The molecule has 3 aromatic rings. The number of carbonyl (C=O) groups excluding carboxylic acids is 2. The number of likely N-dealkylation sites (N-methyl/N-ethyl adjacent to an activating group) is 1. The molecular weight excluding hydrogens is 436 g/mol. The van der Waals surface area contributed by atoms with Crippen LogP contribution in [-0.2, 0) is 16.0 Å². The minimum Gasteiger partial charge on any atom is -0.411 e. The maximum Gasteiger partial charge on any atom is 0.277 e. The van der Waals surface area contributed by atoms with Gasteiger partial charge in [0.15, 0.2) is 0 Å². The normalized spacial score (nSPS) is 11.7. The van der Waals surface area contributed by atoms with Gasteiger partial charge < -0.3 is 14.6 Å². The van der Waals surface area contributed by atoms with Gasteiger partial charge in [0.2, 0.25) is 17.7 Å². The number of nitrogens with zero attached hydrogens (tertiary/aromatic N) is 3. The lowest BCUT2D eigenvalue weighted by Gasteiger charge is -2.20. The second kappa shape index (κ2) is 10.5. The van der Waals surface area contributed by atoms with Crippen LogP contribution in [0.3, 0.4) is 0 Å². The highest BCUT2D eigenvalue weighted by Crippen LogP contribution is 2.27. The number of anilines is 1. The summed E-state index contributed by atoms with van der Waals surface area (Å²) in [6.07, 6.45) is 0.807. The Morgan fingerprint density at radius 2 is 1.87 bits per heavy atom. The second-order valence-electron chi connectivity index (χ2n) is 6.89. The van der Waals surface area contributed by atoms with E-state index in [2.05, 4.69) is 15.5 Å². The summed E-state index contributed by atoms with van der Waals surface area (Å²) in [4.78, 5) is 26.5. The van der Waals surface area contributed by atoms with E-state index in [0.717, 1.165) is 35.0 Å². The van der Waals surface area contributed by atoms with E-state index in [1.165, 1.54) is 4.90 Å². The van der Waals surface area contributed by atoms with Crippen LogP contribution in [0, 0.1) is 0 Å². The molecule has 7 nitrogen and oxygen atoms in total. The van der Waals surface area contributed by atoms with E-state index in [1.54, 1.807) is 38.2 Å². The number of halogens is 1. The van der Waals surface area contributed by atoms with Gasteiger partial charge in [-0.05, 0) is 49.2 Å². The van der Waals surface area contributed by atoms with Gasteiger partial charge in [0.1, 0.15) is 0 Å². The number of nitrogens with one attached hydrogen (secondary N) is 1. The standard InChI is InChI=1S/C22H23ClN4O3S/c1-4-15-7-5-6-8-18(15)24-19(28)13-27(3)21(29)14(2)31-22-26-25-20(30-22)16-9-11-17(23)12-10-16/h5-12,14H,4,13H2,1-3H3,(H,24,28). The average molecular weight is 459 g/mol. The monoisotopic (exact) mass is 458 g/mol. The first-order valence-electron chi connectivity index (χ1n) is 9.76. The molecule has 0 aliphatic carbocycles. The molecule has 1 unspecified atom stereocenters. The summed E-state index contributed by atoms with van der Waals surface area (Å²) in [6.45, 7) is 3.71. The molecule has 162 valence electrons. The molecule has 3 rings (SSSR count). The van der Waals surface area contributed by atoms with Gasteiger partial charge in [0, 0.05) is 23.3 Å². The lowest BCUT2D eigenvalue weighted by molar-refractivity contribution is -0.132. The zero-order valence-electron chi connectivity index (χ0n) is 17.5. The molecule has 1 atom stereocenters. The first-order valence-corrected chi connectivity index (χ1v) is 11.0. The minimum absolute atomic E-state index is 0.0539. The molecule has 2 aromatic carbocycles. The molecule has 1 heterocycles. The highest BCUT2D eigenvalue weighted by molar-refractivity contribution is 8.00. The molecule has 0 radical (unpaired) electrons. The number of rotatable bonds is 8. The number of aryl methyl sites for hydroxylation is 1. The minimum atomic E-state index is -0.501. The van der Waals surface area contributed by atoms with Gasteiger partial charge in [0.25, 0.3) is 5.22 Å². The predicted octanol–water partition coefficient (Wildman–Crippen LogP) is 4.53. The van der Waals surface area contributed by atoms with Gasteiger partial charge in [-0.25, -0.2) is 0 Å². The molecule has 1 N–H and O–H groups in total. The quantitative estimate of drug-likeness (QED) is 0.499. The zero-order valence-corrected chi connectivity index (χ0v) is 19.0. The van der Waals surface area contributed by atoms with E-state index in [9.17, 15) is 9.59 Å². The molecule has 0 bridgehead atoms. The molecule has 0 aliphatic heterocycles. The Labute approximate surface area is 190 Å². The number of thioether (sulfide) groups is 1. The molecule has 1 aromatic heterocycles. The zero-order chi connectivity index (χ0) is 22.4. The van der Waals surface area contributed by atoms with Crippen LogP contribution < -0.4 is 5.32 Å². The van der Waals surface area contributed by atoms with E-state index < -0.39 is 5.25 Å². The summed E-state index contributed by atoms with van der Waals surface area (Å²) in [5, 5.41) is 11.3. The van der Waals surface area contributed by atoms with Crippen LogP contribution in [0.4, 0.5) is 5.69 Å². The highest BCUT2D eigenvalue weighted by atomic mass is 35.5. The van der Waals surface area contributed by atoms with Gasteiger partial charge in [-0.3, -0.25) is 9.59 Å². The molecule has 0 fully saturated rings. The van der Waals surface area contributed by atoms with Crippen molar-refractivity contribution in [3.63, 3.8) is 0 Å². The Morgan fingerprint density at radius 3 is 2.58 bits per heavy atom.